The number of nitrogens with one attached hydrogen (secondary N) is 1. The molecule has 0 bridgehead atoms. The molecule has 0 radical (unpaired) electrons. The summed E-state index contributed by atoms with van der Waals surface area (Å²) in [4.78, 5) is 20.9. The van der Waals surface area contributed by atoms with Gasteiger partial charge in [0, 0.05) is 49.8 Å². The summed E-state index contributed by atoms with van der Waals surface area (Å²) in [6, 6.07) is 11.7. The molecule has 4 heterocycles. The Morgan fingerprint density at radius 3 is 2.60 bits per heavy atom. The van der Waals surface area contributed by atoms with Crippen LogP contribution in [0.4, 0.5) is 10.1 Å². The molecule has 0 amide bonds. The molecular weight excluding hydrogens is 517 g/mol. The molecule has 2 aliphatic rings. The number of halogens is 1. The summed E-state index contributed by atoms with van der Waals surface area (Å²) in [6.07, 6.45) is 1.95. The molecule has 2 fully saturated rings. The second-order valence-corrected chi connectivity index (χ2v) is 10.1. The van der Waals surface area contributed by atoms with Crippen LogP contribution in [0.1, 0.15) is 30.3 Å². The van der Waals surface area contributed by atoms with Crippen molar-refractivity contribution < 1.29 is 18.6 Å². The topological polar surface area (TPSA) is 111 Å². The first kappa shape index (κ1) is 26.2. The van der Waals surface area contributed by atoms with Gasteiger partial charge in [-0.1, -0.05) is 12.1 Å². The fourth-order valence-corrected chi connectivity index (χ4v) is 5.70. The maximum Gasteiger partial charge on any atom is 0.253 e. The quantitative estimate of drug-likeness (QED) is 0.355. The van der Waals surface area contributed by atoms with Gasteiger partial charge >= 0.3 is 0 Å². The highest BCUT2D eigenvalue weighted by atomic mass is 19.1. The van der Waals surface area contributed by atoms with E-state index in [9.17, 15) is 9.18 Å². The summed E-state index contributed by atoms with van der Waals surface area (Å²) >= 11 is 0. The third-order valence-electron chi connectivity index (χ3n) is 7.75. The van der Waals surface area contributed by atoms with Gasteiger partial charge in [-0.25, -0.2) is 9.07 Å². The molecule has 2 aliphatic heterocycles. The number of fused-ring (bicyclic) bond motifs is 1. The Bertz CT molecular complexity index is 1540. The van der Waals surface area contributed by atoms with Crippen LogP contribution >= 0.6 is 0 Å². The van der Waals surface area contributed by atoms with Crippen LogP contribution in [0.2, 0.25) is 0 Å². The van der Waals surface area contributed by atoms with E-state index in [1.165, 1.54) is 6.07 Å². The fourth-order valence-electron chi connectivity index (χ4n) is 5.70. The summed E-state index contributed by atoms with van der Waals surface area (Å²) in [5.74, 6) is 1.41. The van der Waals surface area contributed by atoms with Crippen molar-refractivity contribution in [2.45, 2.75) is 31.5 Å². The van der Waals surface area contributed by atoms with Crippen LogP contribution in [-0.2, 0) is 11.3 Å². The molecule has 210 valence electrons. The molecule has 0 unspecified atom stereocenters. The van der Waals surface area contributed by atoms with E-state index >= 15 is 0 Å². The maximum atomic E-state index is 14.5. The Kier molecular flexibility index (Phi) is 7.35. The highest BCUT2D eigenvalue weighted by molar-refractivity contribution is 5.83. The third kappa shape index (κ3) is 5.00. The Morgan fingerprint density at radius 2 is 1.88 bits per heavy atom. The first-order valence-corrected chi connectivity index (χ1v) is 13.5. The van der Waals surface area contributed by atoms with Crippen LogP contribution in [0.3, 0.4) is 0 Å². The predicted octanol–water partition coefficient (Wildman–Crippen LogP) is 2.76. The number of aromatic nitrogens is 5. The normalized spacial score (nSPS) is 18.8. The van der Waals surface area contributed by atoms with Crippen molar-refractivity contribution in [3.63, 3.8) is 0 Å². The van der Waals surface area contributed by atoms with Crippen LogP contribution in [0.25, 0.3) is 10.9 Å². The lowest BCUT2D eigenvalue weighted by atomic mass is 10.0. The van der Waals surface area contributed by atoms with Gasteiger partial charge in [-0.05, 0) is 47.5 Å². The number of anilines is 1. The first-order valence-electron chi connectivity index (χ1n) is 13.5. The van der Waals surface area contributed by atoms with Crippen LogP contribution in [0, 0.1) is 5.82 Å². The van der Waals surface area contributed by atoms with E-state index in [0.717, 1.165) is 24.8 Å². The number of hydrogen-bond donors (Lipinski definition) is 1. The Balaban J connectivity index is 1.39. The molecule has 0 saturated carbocycles. The summed E-state index contributed by atoms with van der Waals surface area (Å²) < 4.78 is 33.0. The Hall–Kier alpha value is -4.03. The monoisotopic (exact) mass is 549 g/mol. The summed E-state index contributed by atoms with van der Waals surface area (Å²) in [7, 11) is 3.13. The fraction of sp³-hybridized carbons (Fsp3) is 0.429. The molecule has 2 aromatic carbocycles. The van der Waals surface area contributed by atoms with Crippen molar-refractivity contribution in [3.8, 4) is 11.5 Å². The van der Waals surface area contributed by atoms with Gasteiger partial charge < -0.3 is 24.1 Å². The van der Waals surface area contributed by atoms with E-state index in [2.05, 4.69) is 25.4 Å². The molecule has 0 aliphatic carbocycles. The van der Waals surface area contributed by atoms with E-state index < -0.39 is 6.04 Å². The number of piperazine rings is 1. The number of pyridine rings is 1. The van der Waals surface area contributed by atoms with Crippen molar-refractivity contribution in [1.29, 1.82) is 0 Å². The zero-order chi connectivity index (χ0) is 27.6. The smallest absolute Gasteiger partial charge is 0.253 e. The SMILES string of the molecule is COc1cc2cc([C@H](c3nnnn3C[C@H]3CCCO3)N3CCN(c4ccccc4F)CC3)c(=O)[nH]c2cc1OC. The van der Waals surface area contributed by atoms with Gasteiger partial charge in [-0.3, -0.25) is 9.69 Å². The van der Waals surface area contributed by atoms with Crippen molar-refractivity contribution >= 4 is 16.6 Å². The van der Waals surface area contributed by atoms with Gasteiger partial charge in [0.15, 0.2) is 17.3 Å². The number of H-pyrrole nitrogens is 1. The second-order valence-electron chi connectivity index (χ2n) is 10.1. The minimum absolute atomic E-state index is 0.0208. The maximum absolute atomic E-state index is 14.5. The number of hydrogen-bond acceptors (Lipinski definition) is 9. The van der Waals surface area contributed by atoms with E-state index in [1.54, 1.807) is 37.1 Å². The van der Waals surface area contributed by atoms with Crippen LogP contribution in [0.5, 0.6) is 11.5 Å². The van der Waals surface area contributed by atoms with E-state index in [-0.39, 0.29) is 17.5 Å². The summed E-state index contributed by atoms with van der Waals surface area (Å²) in [6.45, 7) is 3.55. The summed E-state index contributed by atoms with van der Waals surface area (Å²) in [5, 5.41) is 13.5. The zero-order valence-electron chi connectivity index (χ0n) is 22.5. The molecule has 11 nitrogen and oxygen atoms in total. The number of methoxy groups -OCH3 is 2. The molecule has 2 aromatic heterocycles. The number of tetrazole rings is 1. The van der Waals surface area contributed by atoms with Crippen LogP contribution < -0.4 is 19.9 Å². The molecule has 2 atom stereocenters. The van der Waals surface area contributed by atoms with E-state index in [0.29, 0.717) is 66.8 Å². The number of benzene rings is 2. The molecule has 4 aromatic rings. The van der Waals surface area contributed by atoms with Crippen LogP contribution in [0.15, 0.2) is 47.3 Å². The first-order chi connectivity index (χ1) is 19.6. The minimum Gasteiger partial charge on any atom is -0.493 e. The lowest BCUT2D eigenvalue weighted by Gasteiger charge is -2.39. The number of rotatable bonds is 8. The van der Waals surface area contributed by atoms with Crippen molar-refractivity contribution in [1.82, 2.24) is 30.1 Å². The number of para-hydroxylation sites is 1. The molecule has 0 spiro atoms. The highest BCUT2D eigenvalue weighted by Gasteiger charge is 2.34. The van der Waals surface area contributed by atoms with Gasteiger partial charge in [0.25, 0.3) is 5.56 Å². The predicted molar refractivity (Wildman–Crippen MR) is 146 cm³/mol. The van der Waals surface area contributed by atoms with Crippen molar-refractivity contribution in [2.24, 2.45) is 0 Å². The average molecular weight is 550 g/mol. The molecule has 40 heavy (non-hydrogen) atoms. The molecule has 2 saturated heterocycles. The third-order valence-corrected chi connectivity index (χ3v) is 7.75. The average Bonchev–Trinajstić information content (AvgIpc) is 3.66. The van der Waals surface area contributed by atoms with Crippen LogP contribution in [-0.4, -0.2) is 83.2 Å². The standard InChI is InChI=1S/C28H32FN7O4/c1-38-24-15-18-14-20(28(37)30-22(18)16-25(24)39-2)26(27-31-32-33-36(27)17-19-6-5-13-40-19)35-11-9-34(10-12-35)23-8-4-3-7-21(23)29/h3-4,7-8,14-16,19,26H,5-6,9-13,17H2,1-2H3,(H,30,37)/t19-,26-/m1/s1. The van der Waals surface area contributed by atoms with E-state index in [4.69, 9.17) is 14.2 Å². The molecular formula is C28H32FN7O4. The van der Waals surface area contributed by atoms with E-state index in [1.807, 2.05) is 23.1 Å². The number of nitrogens with zero attached hydrogens (tertiary/aromatic N) is 6. The largest absolute Gasteiger partial charge is 0.493 e. The van der Waals surface area contributed by atoms with Gasteiger partial charge in [0.2, 0.25) is 0 Å². The highest BCUT2D eigenvalue weighted by Crippen LogP contribution is 2.34. The van der Waals surface area contributed by atoms with Gasteiger partial charge in [-0.2, -0.15) is 0 Å². The Labute approximate surface area is 230 Å². The number of aromatic amines is 1. The number of ether oxygens (including phenoxy) is 3. The van der Waals surface area contributed by atoms with Gasteiger partial charge in [-0.15, -0.1) is 5.10 Å². The van der Waals surface area contributed by atoms with Crippen molar-refractivity contribution in [3.05, 3.63) is 70.0 Å². The molecule has 12 heteroatoms. The molecule has 1 N–H and O–H groups in total. The van der Waals surface area contributed by atoms with Crippen molar-refractivity contribution in [2.75, 3.05) is 51.9 Å². The summed E-state index contributed by atoms with van der Waals surface area (Å²) in [5.41, 5.74) is 1.48. The lowest BCUT2D eigenvalue weighted by molar-refractivity contribution is 0.0906. The van der Waals surface area contributed by atoms with Gasteiger partial charge in [0.05, 0.1) is 38.1 Å². The second kappa shape index (κ2) is 11.2. The molecule has 6 rings (SSSR count). The minimum atomic E-state index is -0.527. The lowest BCUT2D eigenvalue weighted by Crippen LogP contribution is -2.49. The Morgan fingerprint density at radius 1 is 1.10 bits per heavy atom. The zero-order valence-corrected chi connectivity index (χ0v) is 22.5. The van der Waals surface area contributed by atoms with Gasteiger partial charge in [0.1, 0.15) is 11.9 Å².